The molecule has 32 heavy (non-hydrogen) atoms. The Labute approximate surface area is 184 Å². The van der Waals surface area contributed by atoms with E-state index in [1.54, 1.807) is 18.2 Å². The highest BCUT2D eigenvalue weighted by atomic mass is 19.1. The lowest BCUT2D eigenvalue weighted by Crippen LogP contribution is -2.17. The van der Waals surface area contributed by atoms with Crippen molar-refractivity contribution in [3.63, 3.8) is 0 Å². The highest BCUT2D eigenvalue weighted by Gasteiger charge is 2.14. The highest BCUT2D eigenvalue weighted by molar-refractivity contribution is 6.06. The molecule has 0 saturated heterocycles. The van der Waals surface area contributed by atoms with Crippen LogP contribution < -0.4 is 10.6 Å². The van der Waals surface area contributed by atoms with E-state index in [1.165, 1.54) is 18.3 Å². The van der Waals surface area contributed by atoms with Gasteiger partial charge in [0, 0.05) is 24.6 Å². The number of aromatic nitrogens is 1. The Morgan fingerprint density at radius 3 is 2.47 bits per heavy atom. The monoisotopic (exact) mass is 429 g/mol. The molecule has 0 aliphatic heterocycles. The van der Waals surface area contributed by atoms with E-state index in [2.05, 4.69) is 15.6 Å². The van der Waals surface area contributed by atoms with E-state index in [4.69, 9.17) is 4.42 Å². The van der Waals surface area contributed by atoms with Crippen molar-refractivity contribution in [3.8, 4) is 11.3 Å². The average molecular weight is 429 g/mol. The molecule has 2 heterocycles. The first-order chi connectivity index (χ1) is 15.6. The lowest BCUT2D eigenvalue weighted by Gasteiger charge is -2.12. The van der Waals surface area contributed by atoms with Crippen molar-refractivity contribution in [2.45, 2.75) is 12.8 Å². The third-order valence-electron chi connectivity index (χ3n) is 4.72. The maximum absolute atomic E-state index is 13.8. The van der Waals surface area contributed by atoms with Gasteiger partial charge in [0.1, 0.15) is 23.0 Å². The summed E-state index contributed by atoms with van der Waals surface area (Å²) in [5, 5.41) is 5.31. The molecule has 0 saturated carbocycles. The first kappa shape index (κ1) is 21.0. The summed E-state index contributed by atoms with van der Waals surface area (Å²) in [6.45, 7) is 0. The van der Waals surface area contributed by atoms with Crippen molar-refractivity contribution >= 4 is 23.2 Å². The number of halogens is 1. The summed E-state index contributed by atoms with van der Waals surface area (Å²) in [6.07, 6.45) is 2.01. The van der Waals surface area contributed by atoms with Crippen LogP contribution in [0.15, 0.2) is 89.5 Å². The van der Waals surface area contributed by atoms with E-state index >= 15 is 0 Å². The van der Waals surface area contributed by atoms with Crippen molar-refractivity contribution in [1.82, 2.24) is 4.98 Å². The number of benzene rings is 2. The van der Waals surface area contributed by atoms with E-state index in [0.29, 0.717) is 12.2 Å². The van der Waals surface area contributed by atoms with Crippen molar-refractivity contribution in [1.29, 1.82) is 0 Å². The smallest absolute Gasteiger partial charge is 0.274 e. The lowest BCUT2D eigenvalue weighted by atomic mass is 10.2. The third kappa shape index (κ3) is 5.26. The number of pyridine rings is 1. The van der Waals surface area contributed by atoms with Crippen LogP contribution in [0, 0.1) is 5.82 Å². The number of carbonyl (C=O) groups is 2. The molecule has 0 aliphatic rings. The number of hydrogen-bond acceptors (Lipinski definition) is 4. The zero-order valence-corrected chi connectivity index (χ0v) is 17.0. The summed E-state index contributed by atoms with van der Waals surface area (Å²) in [5.41, 5.74) is 1.61. The topological polar surface area (TPSA) is 84.2 Å². The van der Waals surface area contributed by atoms with E-state index in [9.17, 15) is 14.0 Å². The SMILES string of the molecule is O=C(CCc1ccc(-c2ccccc2)o1)Nc1cc(F)ccc1NC(=O)c1ccccn1. The fourth-order valence-electron chi connectivity index (χ4n) is 3.13. The van der Waals surface area contributed by atoms with E-state index < -0.39 is 11.7 Å². The fourth-order valence-corrected chi connectivity index (χ4v) is 3.13. The van der Waals surface area contributed by atoms with Gasteiger partial charge in [-0.2, -0.15) is 0 Å². The van der Waals surface area contributed by atoms with Crippen LogP contribution >= 0.6 is 0 Å². The molecule has 0 radical (unpaired) electrons. The molecule has 0 unspecified atom stereocenters. The number of hydrogen-bond donors (Lipinski definition) is 2. The number of furan rings is 1. The van der Waals surface area contributed by atoms with Gasteiger partial charge in [-0.05, 0) is 42.5 Å². The minimum absolute atomic E-state index is 0.131. The van der Waals surface area contributed by atoms with Gasteiger partial charge in [-0.25, -0.2) is 4.39 Å². The van der Waals surface area contributed by atoms with Gasteiger partial charge in [0.05, 0.1) is 11.4 Å². The number of amides is 2. The van der Waals surface area contributed by atoms with Gasteiger partial charge < -0.3 is 15.1 Å². The Hall–Kier alpha value is -4.26. The van der Waals surface area contributed by atoms with Crippen LogP contribution in [-0.2, 0) is 11.2 Å². The molecule has 2 aromatic heterocycles. The Balaban J connectivity index is 1.39. The number of nitrogens with zero attached hydrogens (tertiary/aromatic N) is 1. The molecule has 2 N–H and O–H groups in total. The molecule has 4 rings (SSSR count). The molecule has 0 aliphatic carbocycles. The highest BCUT2D eigenvalue weighted by Crippen LogP contribution is 2.25. The normalized spacial score (nSPS) is 10.5. The number of aryl methyl sites for hydroxylation is 1. The number of anilines is 2. The third-order valence-corrected chi connectivity index (χ3v) is 4.72. The van der Waals surface area contributed by atoms with Crippen molar-refractivity contribution in [3.05, 3.63) is 102 Å². The van der Waals surface area contributed by atoms with Crippen LogP contribution in [0.5, 0.6) is 0 Å². The molecule has 160 valence electrons. The molecule has 6 nitrogen and oxygen atoms in total. The molecule has 0 spiro atoms. The summed E-state index contributed by atoms with van der Waals surface area (Å²) in [7, 11) is 0. The number of nitrogens with one attached hydrogen (secondary N) is 2. The molecule has 0 fully saturated rings. The largest absolute Gasteiger partial charge is 0.461 e. The van der Waals surface area contributed by atoms with Crippen LogP contribution in [0.3, 0.4) is 0 Å². The predicted octanol–water partition coefficient (Wildman–Crippen LogP) is 5.30. The van der Waals surface area contributed by atoms with Crippen LogP contribution in [-0.4, -0.2) is 16.8 Å². The predicted molar refractivity (Wildman–Crippen MR) is 120 cm³/mol. The maximum Gasteiger partial charge on any atom is 0.274 e. The minimum atomic E-state index is -0.533. The molecular weight excluding hydrogens is 409 g/mol. The Kier molecular flexibility index (Phi) is 6.36. The molecule has 4 aromatic rings. The second-order valence-corrected chi connectivity index (χ2v) is 7.04. The summed E-state index contributed by atoms with van der Waals surface area (Å²) >= 11 is 0. The summed E-state index contributed by atoms with van der Waals surface area (Å²) in [6, 6.07) is 22.1. The van der Waals surface area contributed by atoms with Crippen LogP contribution in [0.25, 0.3) is 11.3 Å². The van der Waals surface area contributed by atoms with Crippen molar-refractivity contribution in [2.24, 2.45) is 0 Å². The van der Waals surface area contributed by atoms with Crippen molar-refractivity contribution < 1.29 is 18.4 Å². The minimum Gasteiger partial charge on any atom is -0.461 e. The first-order valence-corrected chi connectivity index (χ1v) is 10.0. The Bertz CT molecular complexity index is 1220. The summed E-state index contributed by atoms with van der Waals surface area (Å²) in [5.74, 6) is 0.0700. The first-order valence-electron chi connectivity index (χ1n) is 10.0. The molecule has 2 aromatic carbocycles. The summed E-state index contributed by atoms with van der Waals surface area (Å²) < 4.78 is 19.6. The maximum atomic E-state index is 13.8. The van der Waals surface area contributed by atoms with Gasteiger partial charge in [0.25, 0.3) is 5.91 Å². The van der Waals surface area contributed by atoms with E-state index in [-0.39, 0.29) is 29.4 Å². The Morgan fingerprint density at radius 1 is 0.875 bits per heavy atom. The summed E-state index contributed by atoms with van der Waals surface area (Å²) in [4.78, 5) is 28.8. The molecule has 7 heteroatoms. The number of carbonyl (C=O) groups excluding carboxylic acids is 2. The second kappa shape index (κ2) is 9.70. The van der Waals surface area contributed by atoms with Gasteiger partial charge in [0.2, 0.25) is 5.91 Å². The average Bonchev–Trinajstić information content (AvgIpc) is 3.30. The molecular formula is C25H20FN3O3. The second-order valence-electron chi connectivity index (χ2n) is 7.04. The quantitative estimate of drug-likeness (QED) is 0.417. The van der Waals surface area contributed by atoms with Crippen LogP contribution in [0.4, 0.5) is 15.8 Å². The van der Waals surface area contributed by atoms with Gasteiger partial charge in [-0.15, -0.1) is 0 Å². The standard InChI is InChI=1S/C25H20FN3O3/c26-18-9-12-20(29-25(31)21-8-4-5-15-27-21)22(16-18)28-24(30)14-11-19-10-13-23(32-19)17-6-2-1-3-7-17/h1-10,12-13,15-16H,11,14H2,(H,28,30)(H,29,31). The van der Waals surface area contributed by atoms with Gasteiger partial charge in [-0.1, -0.05) is 36.4 Å². The molecule has 0 bridgehead atoms. The zero-order valence-electron chi connectivity index (χ0n) is 17.0. The van der Waals surface area contributed by atoms with Gasteiger partial charge in [-0.3, -0.25) is 14.6 Å². The molecule has 2 amide bonds. The molecule has 0 atom stereocenters. The van der Waals surface area contributed by atoms with Crippen LogP contribution in [0.1, 0.15) is 22.7 Å². The van der Waals surface area contributed by atoms with E-state index in [0.717, 1.165) is 17.4 Å². The fraction of sp³-hybridized carbons (Fsp3) is 0.0800. The van der Waals surface area contributed by atoms with E-state index in [1.807, 2.05) is 42.5 Å². The Morgan fingerprint density at radius 2 is 1.69 bits per heavy atom. The van der Waals surface area contributed by atoms with Crippen LogP contribution in [0.2, 0.25) is 0 Å². The zero-order chi connectivity index (χ0) is 22.3. The lowest BCUT2D eigenvalue weighted by molar-refractivity contribution is -0.116. The number of rotatable bonds is 7. The van der Waals surface area contributed by atoms with Gasteiger partial charge >= 0.3 is 0 Å². The van der Waals surface area contributed by atoms with Gasteiger partial charge in [0.15, 0.2) is 0 Å². The van der Waals surface area contributed by atoms with Crippen molar-refractivity contribution in [2.75, 3.05) is 10.6 Å².